The van der Waals surface area contributed by atoms with Crippen LogP contribution in [-0.4, -0.2) is 11.1 Å². The van der Waals surface area contributed by atoms with Crippen LogP contribution in [0.25, 0.3) is 21.5 Å². The molecule has 0 saturated carbocycles. The molecule has 0 spiro atoms. The zero-order chi connectivity index (χ0) is 22.6. The Bertz CT molecular complexity index is 1580. The fourth-order valence-corrected chi connectivity index (χ4v) is 5.03. The van der Waals surface area contributed by atoms with Crippen LogP contribution in [0.1, 0.15) is 27.0 Å². The highest BCUT2D eigenvalue weighted by Crippen LogP contribution is 2.48. The Kier molecular flexibility index (Phi) is 4.55. The van der Waals surface area contributed by atoms with Crippen LogP contribution in [0, 0.1) is 0 Å². The third-order valence-corrected chi connectivity index (χ3v) is 6.82. The largest absolute Gasteiger partial charge is 0.508 e. The number of hydrogen-bond donors (Lipinski definition) is 1. The predicted molar refractivity (Wildman–Crippen MR) is 136 cm³/mol. The summed E-state index contributed by atoms with van der Waals surface area (Å²) in [6.07, 6.45) is 0. The maximum atomic E-state index is 13.0. The van der Waals surface area contributed by atoms with E-state index < -0.39 is 5.60 Å². The van der Waals surface area contributed by atoms with Crippen molar-refractivity contribution < 1.29 is 17.7 Å². The van der Waals surface area contributed by atoms with Gasteiger partial charge in [0.2, 0.25) is 0 Å². The summed E-state index contributed by atoms with van der Waals surface area (Å²) in [5.41, 5.74) is 1.91. The van der Waals surface area contributed by atoms with Gasteiger partial charge in [-0.25, -0.2) is 4.79 Å². The highest BCUT2D eigenvalue weighted by molar-refractivity contribution is 14.1. The van der Waals surface area contributed by atoms with Gasteiger partial charge in [0.25, 0.3) is 0 Å². The molecule has 1 atom stereocenters. The molecule has 1 aliphatic heterocycles. The summed E-state index contributed by atoms with van der Waals surface area (Å²) in [5.74, 6) is 0.583. The van der Waals surface area contributed by atoms with Crippen molar-refractivity contribution in [2.24, 2.45) is 0 Å². The van der Waals surface area contributed by atoms with E-state index in [1.807, 2.05) is 95.8 Å². The Morgan fingerprint density at radius 3 is 2.09 bits per heavy atom. The minimum Gasteiger partial charge on any atom is -0.508 e. The molecule has 6 rings (SSSR count). The first-order valence-electron chi connectivity index (χ1n) is 10.5. The molecule has 1 N–H and O–H groups in total. The molecule has 0 radical (unpaired) electrons. The third kappa shape index (κ3) is 3.07. The molecule has 1 unspecified atom stereocenters. The van der Waals surface area contributed by atoms with E-state index in [0.717, 1.165) is 44.0 Å². The van der Waals surface area contributed by atoms with Gasteiger partial charge in [-0.05, 0) is 64.0 Å². The van der Waals surface area contributed by atoms with Crippen molar-refractivity contribution in [2.45, 2.75) is 5.60 Å². The molecule has 5 heteroatoms. The number of rotatable bonds is 3. The van der Waals surface area contributed by atoms with Crippen LogP contribution < -0.4 is 3.07 Å². The van der Waals surface area contributed by atoms with Crippen LogP contribution in [0.3, 0.4) is 0 Å². The normalized spacial score (nSPS) is 17.2. The number of hydrogen-bond acceptors (Lipinski definition) is 4. The van der Waals surface area contributed by atoms with Crippen molar-refractivity contribution in [1.29, 1.82) is 0 Å². The second kappa shape index (κ2) is 7.49. The summed E-state index contributed by atoms with van der Waals surface area (Å²) in [6.45, 7) is 0. The minimum absolute atomic E-state index is 0.189. The van der Waals surface area contributed by atoms with Crippen molar-refractivity contribution in [1.82, 2.24) is 0 Å². The summed E-state index contributed by atoms with van der Waals surface area (Å²) < 4.78 is 11.6. The van der Waals surface area contributed by atoms with Crippen molar-refractivity contribution in [3.05, 3.63) is 119 Å². The van der Waals surface area contributed by atoms with Crippen LogP contribution in [-0.2, 0) is 10.3 Å². The van der Waals surface area contributed by atoms with Gasteiger partial charge >= 0.3 is 5.97 Å². The molecule has 1 heterocycles. The number of carbonyl (C=O) groups is 1. The fourth-order valence-electron chi connectivity index (χ4n) is 4.76. The van der Waals surface area contributed by atoms with Crippen LogP contribution in [0.15, 0.2) is 97.1 Å². The van der Waals surface area contributed by atoms with Gasteiger partial charge in [0.1, 0.15) is 11.5 Å². The lowest BCUT2D eigenvalue weighted by Gasteiger charge is -2.31. The average Bonchev–Trinajstić information content (AvgIpc) is 3.16. The number of cyclic esters (lactones) is 1. The van der Waals surface area contributed by atoms with E-state index in [9.17, 15) is 9.90 Å². The molecule has 0 bridgehead atoms. The summed E-state index contributed by atoms with van der Waals surface area (Å²) in [4.78, 5) is 13.0. The van der Waals surface area contributed by atoms with Crippen molar-refractivity contribution in [3.63, 3.8) is 0 Å². The monoisotopic (exact) mass is 544 g/mol. The van der Waals surface area contributed by atoms with E-state index in [4.69, 9.17) is 7.80 Å². The minimum atomic E-state index is -1.11. The number of fused-ring (bicyclic) bond motifs is 3. The van der Waals surface area contributed by atoms with Crippen LogP contribution in [0.2, 0.25) is 0 Å². The van der Waals surface area contributed by atoms with Crippen molar-refractivity contribution >= 4 is 50.5 Å². The van der Waals surface area contributed by atoms with Gasteiger partial charge < -0.3 is 12.9 Å². The van der Waals surface area contributed by atoms with Gasteiger partial charge in [-0.3, -0.25) is 0 Å². The second-order valence-corrected chi connectivity index (χ2v) is 8.60. The zero-order valence-electron chi connectivity index (χ0n) is 17.3. The van der Waals surface area contributed by atoms with Gasteiger partial charge in [-0.2, -0.15) is 0 Å². The number of carbonyl (C=O) groups excluding carboxylic acids is 1. The maximum Gasteiger partial charge on any atom is 0.340 e. The second-order valence-electron chi connectivity index (χ2n) is 8.16. The van der Waals surface area contributed by atoms with Gasteiger partial charge in [-0.15, -0.1) is 0 Å². The number of phenolic OH excluding ortho intramolecular Hbond substituents is 1. The molecule has 33 heavy (non-hydrogen) atoms. The molecule has 5 aromatic carbocycles. The maximum absolute atomic E-state index is 13.0. The van der Waals surface area contributed by atoms with Gasteiger partial charge in [0, 0.05) is 16.7 Å². The predicted octanol–water partition coefficient (Wildman–Crippen LogP) is 6.89. The quantitative estimate of drug-likeness (QED) is 0.199. The first kappa shape index (κ1) is 20.1. The Morgan fingerprint density at radius 1 is 0.727 bits per heavy atom. The first-order chi connectivity index (χ1) is 16.1. The number of aromatic hydroxyl groups is 1. The van der Waals surface area contributed by atoms with Gasteiger partial charge in [-0.1, -0.05) is 54.6 Å². The van der Waals surface area contributed by atoms with Crippen LogP contribution in [0.5, 0.6) is 11.5 Å². The fraction of sp³-hybridized carbons (Fsp3) is 0.0357. The van der Waals surface area contributed by atoms with Gasteiger partial charge in [0.05, 0.1) is 5.56 Å². The highest BCUT2D eigenvalue weighted by atomic mass is 127. The van der Waals surface area contributed by atoms with Crippen LogP contribution >= 0.6 is 23.0 Å². The lowest BCUT2D eigenvalue weighted by atomic mass is 9.79. The molecule has 1 aliphatic rings. The Labute approximate surface area is 204 Å². The van der Waals surface area contributed by atoms with Crippen molar-refractivity contribution in [2.75, 3.05) is 0 Å². The van der Waals surface area contributed by atoms with Crippen molar-refractivity contribution in [3.8, 4) is 11.5 Å². The number of esters is 1. The Hall–Kier alpha value is -3.58. The number of phenols is 1. The van der Waals surface area contributed by atoms with E-state index in [2.05, 4.69) is 6.07 Å². The van der Waals surface area contributed by atoms with E-state index in [1.165, 1.54) is 0 Å². The molecule has 5 aromatic rings. The number of ether oxygens (including phenoxy) is 1. The molecular weight excluding hydrogens is 527 g/mol. The number of benzene rings is 5. The summed E-state index contributed by atoms with van der Waals surface area (Å²) in [5, 5.41) is 13.9. The first-order valence-corrected chi connectivity index (χ1v) is 11.4. The van der Waals surface area contributed by atoms with Crippen LogP contribution in [0.4, 0.5) is 0 Å². The molecule has 0 aliphatic carbocycles. The molecular formula is C28H17IO4. The molecule has 0 fully saturated rings. The van der Waals surface area contributed by atoms with E-state index in [-0.39, 0.29) is 11.7 Å². The standard InChI is InChI=1S/C28H17IO4/c29-33-24-12-8-18-6-10-22(14-20(18)16-24)28(26-4-2-1-3-25(26)27(31)32-28)21-9-5-17-7-11-23(30)15-19(17)13-21/h1-16,30H. The van der Waals surface area contributed by atoms with E-state index in [0.29, 0.717) is 5.56 Å². The summed E-state index contributed by atoms with van der Waals surface area (Å²) in [7, 11) is 0. The Balaban J connectivity index is 1.67. The zero-order valence-corrected chi connectivity index (χ0v) is 19.4. The topological polar surface area (TPSA) is 55.8 Å². The third-order valence-electron chi connectivity index (χ3n) is 6.31. The molecule has 4 nitrogen and oxygen atoms in total. The smallest absolute Gasteiger partial charge is 0.340 e. The highest BCUT2D eigenvalue weighted by Gasteiger charge is 2.48. The number of halogens is 1. The van der Waals surface area contributed by atoms with Gasteiger partial charge in [0.15, 0.2) is 28.6 Å². The molecule has 0 aromatic heterocycles. The average molecular weight is 544 g/mol. The molecule has 160 valence electrons. The lowest BCUT2D eigenvalue weighted by molar-refractivity contribution is 0.0252. The summed E-state index contributed by atoms with van der Waals surface area (Å²) in [6, 6.07) is 30.7. The lowest BCUT2D eigenvalue weighted by Crippen LogP contribution is -2.29. The SMILES string of the molecule is O=C1OC(c2ccc3ccc(O)cc3c2)(c2ccc3ccc(OI)cc3c2)c2ccccc21. The summed E-state index contributed by atoms with van der Waals surface area (Å²) >= 11 is 1.87. The Morgan fingerprint density at radius 2 is 1.36 bits per heavy atom. The van der Waals surface area contributed by atoms with E-state index >= 15 is 0 Å². The van der Waals surface area contributed by atoms with E-state index in [1.54, 1.807) is 18.2 Å². The molecule has 0 amide bonds. The molecule has 0 saturated heterocycles.